The van der Waals surface area contributed by atoms with Crippen molar-refractivity contribution in [3.05, 3.63) is 35.9 Å². The molecular weight excluding hydrogens is 310 g/mol. The number of hydrogen-bond acceptors (Lipinski definition) is 6. The van der Waals surface area contributed by atoms with Crippen molar-refractivity contribution in [2.75, 3.05) is 18.0 Å². The van der Waals surface area contributed by atoms with Crippen LogP contribution in [0, 0.1) is 0 Å². The molecule has 1 aliphatic heterocycles. The van der Waals surface area contributed by atoms with E-state index in [4.69, 9.17) is 0 Å². The molecule has 0 aromatic carbocycles. The summed E-state index contributed by atoms with van der Waals surface area (Å²) in [6, 6.07) is 3.71. The van der Waals surface area contributed by atoms with Crippen LogP contribution in [0.2, 0.25) is 0 Å². The first-order valence-electron chi connectivity index (χ1n) is 8.09. The highest BCUT2D eigenvalue weighted by Crippen LogP contribution is 2.39. The molecule has 7 heteroatoms. The SMILES string of the molecule is O=C(NC1CCCN(c2nc(C3CC3)ns2)C1)c1cccnc1. The van der Waals surface area contributed by atoms with Gasteiger partial charge in [-0.2, -0.15) is 4.37 Å². The van der Waals surface area contributed by atoms with Crippen molar-refractivity contribution >= 4 is 22.6 Å². The Morgan fingerprint density at radius 3 is 3.04 bits per heavy atom. The lowest BCUT2D eigenvalue weighted by atomic mass is 10.1. The fourth-order valence-corrected chi connectivity index (χ4v) is 3.68. The molecule has 1 atom stereocenters. The smallest absolute Gasteiger partial charge is 0.253 e. The Morgan fingerprint density at radius 1 is 1.35 bits per heavy atom. The Hall–Kier alpha value is -2.02. The predicted molar refractivity (Wildman–Crippen MR) is 88.8 cm³/mol. The number of amides is 1. The number of pyridine rings is 1. The van der Waals surface area contributed by atoms with Crippen LogP contribution in [0.5, 0.6) is 0 Å². The van der Waals surface area contributed by atoms with Crippen LogP contribution in [0.4, 0.5) is 5.13 Å². The second kappa shape index (κ2) is 6.23. The average Bonchev–Trinajstić information content (AvgIpc) is 3.33. The molecule has 1 amide bonds. The Morgan fingerprint density at radius 2 is 2.26 bits per heavy atom. The Bertz CT molecular complexity index is 685. The second-order valence-corrected chi connectivity index (χ2v) is 6.94. The van der Waals surface area contributed by atoms with Crippen LogP contribution in [0.25, 0.3) is 0 Å². The Balaban J connectivity index is 1.39. The number of carbonyl (C=O) groups is 1. The average molecular weight is 329 g/mol. The minimum Gasteiger partial charge on any atom is -0.347 e. The van der Waals surface area contributed by atoms with Gasteiger partial charge in [0.2, 0.25) is 5.13 Å². The molecule has 2 fully saturated rings. The number of anilines is 1. The van der Waals surface area contributed by atoms with Gasteiger partial charge in [0.15, 0.2) is 0 Å². The summed E-state index contributed by atoms with van der Waals surface area (Å²) < 4.78 is 4.48. The van der Waals surface area contributed by atoms with E-state index in [1.54, 1.807) is 24.5 Å². The van der Waals surface area contributed by atoms with Gasteiger partial charge in [0, 0.05) is 49.0 Å². The zero-order valence-corrected chi connectivity index (χ0v) is 13.6. The number of nitrogens with zero attached hydrogens (tertiary/aromatic N) is 4. The van der Waals surface area contributed by atoms with E-state index in [9.17, 15) is 4.79 Å². The summed E-state index contributed by atoms with van der Waals surface area (Å²) in [6.45, 7) is 1.78. The lowest BCUT2D eigenvalue weighted by Gasteiger charge is -2.32. The molecule has 1 unspecified atom stereocenters. The molecule has 1 N–H and O–H groups in total. The van der Waals surface area contributed by atoms with E-state index in [1.807, 2.05) is 0 Å². The minimum atomic E-state index is -0.0547. The largest absolute Gasteiger partial charge is 0.347 e. The third kappa shape index (κ3) is 3.34. The number of carbonyl (C=O) groups excluding carboxylic acids is 1. The highest BCUT2D eigenvalue weighted by molar-refractivity contribution is 7.09. The third-order valence-corrected chi connectivity index (χ3v) is 5.12. The van der Waals surface area contributed by atoms with Gasteiger partial charge in [0.1, 0.15) is 5.82 Å². The zero-order chi connectivity index (χ0) is 15.6. The summed E-state index contributed by atoms with van der Waals surface area (Å²) in [5, 5.41) is 4.11. The van der Waals surface area contributed by atoms with Crippen LogP contribution < -0.4 is 10.2 Å². The molecule has 4 rings (SSSR count). The minimum absolute atomic E-state index is 0.0547. The van der Waals surface area contributed by atoms with E-state index < -0.39 is 0 Å². The molecule has 1 saturated heterocycles. The molecule has 0 bridgehead atoms. The lowest BCUT2D eigenvalue weighted by Crippen LogP contribution is -2.47. The molecule has 120 valence electrons. The van der Waals surface area contributed by atoms with Crippen molar-refractivity contribution in [2.45, 2.75) is 37.6 Å². The van der Waals surface area contributed by atoms with E-state index in [-0.39, 0.29) is 11.9 Å². The highest BCUT2D eigenvalue weighted by atomic mass is 32.1. The first-order chi connectivity index (χ1) is 11.3. The van der Waals surface area contributed by atoms with E-state index in [0.717, 1.165) is 36.9 Å². The van der Waals surface area contributed by atoms with Crippen LogP contribution in [0.15, 0.2) is 24.5 Å². The summed E-state index contributed by atoms with van der Waals surface area (Å²) in [4.78, 5) is 23.2. The lowest BCUT2D eigenvalue weighted by molar-refractivity contribution is 0.0933. The zero-order valence-electron chi connectivity index (χ0n) is 12.8. The van der Waals surface area contributed by atoms with Gasteiger partial charge >= 0.3 is 0 Å². The summed E-state index contributed by atoms with van der Waals surface area (Å²) >= 11 is 1.48. The molecule has 2 aromatic rings. The number of piperidine rings is 1. The van der Waals surface area contributed by atoms with Crippen LogP contribution in [0.1, 0.15) is 47.8 Å². The van der Waals surface area contributed by atoms with Gasteiger partial charge in [0.25, 0.3) is 5.91 Å². The monoisotopic (exact) mass is 329 g/mol. The summed E-state index contributed by atoms with van der Waals surface area (Å²) in [6.07, 6.45) is 7.77. The quantitative estimate of drug-likeness (QED) is 0.931. The maximum absolute atomic E-state index is 12.3. The number of nitrogens with one attached hydrogen (secondary N) is 1. The van der Waals surface area contributed by atoms with Crippen molar-refractivity contribution in [1.82, 2.24) is 19.7 Å². The summed E-state index contributed by atoms with van der Waals surface area (Å²) in [7, 11) is 0. The maximum Gasteiger partial charge on any atom is 0.253 e. The van der Waals surface area contributed by atoms with E-state index in [2.05, 4.69) is 24.6 Å². The summed E-state index contributed by atoms with van der Waals surface area (Å²) in [5.41, 5.74) is 0.608. The molecule has 2 aliphatic rings. The van der Waals surface area contributed by atoms with Gasteiger partial charge in [-0.05, 0) is 37.8 Å². The van der Waals surface area contributed by atoms with Gasteiger partial charge in [-0.15, -0.1) is 0 Å². The molecule has 1 saturated carbocycles. The number of rotatable bonds is 4. The van der Waals surface area contributed by atoms with Crippen LogP contribution >= 0.6 is 11.5 Å². The second-order valence-electron chi connectivity index (χ2n) is 6.21. The van der Waals surface area contributed by atoms with Crippen LogP contribution in [0.3, 0.4) is 0 Å². The van der Waals surface area contributed by atoms with E-state index in [1.165, 1.54) is 24.4 Å². The molecule has 0 spiro atoms. The van der Waals surface area contributed by atoms with Crippen molar-refractivity contribution in [1.29, 1.82) is 0 Å². The third-order valence-electron chi connectivity index (χ3n) is 4.32. The fraction of sp³-hybridized carbons (Fsp3) is 0.500. The van der Waals surface area contributed by atoms with E-state index >= 15 is 0 Å². The predicted octanol–water partition coefficient (Wildman–Crippen LogP) is 2.21. The Kier molecular flexibility index (Phi) is 3.95. The molecule has 6 nitrogen and oxygen atoms in total. The first kappa shape index (κ1) is 14.6. The summed E-state index contributed by atoms with van der Waals surface area (Å²) in [5.74, 6) is 1.54. The van der Waals surface area contributed by atoms with Gasteiger partial charge < -0.3 is 10.2 Å². The van der Waals surface area contributed by atoms with Gasteiger partial charge in [0.05, 0.1) is 5.56 Å². The van der Waals surface area contributed by atoms with E-state index in [0.29, 0.717) is 11.5 Å². The molecule has 1 aliphatic carbocycles. The van der Waals surface area contributed by atoms with Crippen molar-refractivity contribution in [3.8, 4) is 0 Å². The maximum atomic E-state index is 12.3. The molecule has 3 heterocycles. The number of hydrogen-bond donors (Lipinski definition) is 1. The standard InChI is InChI=1S/C16H19N5OS/c22-15(12-3-1-7-17-9-12)18-13-4-2-8-21(10-13)16-19-14(20-23-16)11-5-6-11/h1,3,7,9,11,13H,2,4-6,8,10H2,(H,18,22). The van der Waals surface area contributed by atoms with Crippen molar-refractivity contribution in [3.63, 3.8) is 0 Å². The van der Waals surface area contributed by atoms with Gasteiger partial charge in [-0.25, -0.2) is 4.98 Å². The Labute approximate surface area is 139 Å². The topological polar surface area (TPSA) is 71.0 Å². The van der Waals surface area contributed by atoms with Gasteiger partial charge in [-0.3, -0.25) is 9.78 Å². The van der Waals surface area contributed by atoms with Crippen LogP contribution in [-0.4, -0.2) is 39.4 Å². The molecule has 23 heavy (non-hydrogen) atoms. The van der Waals surface area contributed by atoms with Crippen LogP contribution in [-0.2, 0) is 0 Å². The fourth-order valence-electron chi connectivity index (χ4n) is 2.90. The first-order valence-corrected chi connectivity index (χ1v) is 8.86. The highest BCUT2D eigenvalue weighted by Gasteiger charge is 2.30. The number of aromatic nitrogens is 3. The molecule has 2 aromatic heterocycles. The van der Waals surface area contributed by atoms with Crippen molar-refractivity contribution in [2.24, 2.45) is 0 Å². The molecule has 0 radical (unpaired) electrons. The van der Waals surface area contributed by atoms with Gasteiger partial charge in [-0.1, -0.05) is 0 Å². The molecular formula is C16H19N5OS. The van der Waals surface area contributed by atoms with Crippen molar-refractivity contribution < 1.29 is 4.79 Å². The normalized spacial score (nSPS) is 21.2.